The van der Waals surface area contributed by atoms with Gasteiger partial charge in [0.1, 0.15) is 0 Å². The van der Waals surface area contributed by atoms with Crippen molar-refractivity contribution in [3.05, 3.63) is 346 Å². The third-order valence-corrected chi connectivity index (χ3v) is 84.6. The molecule has 0 aliphatic carbocycles. The van der Waals surface area contributed by atoms with Crippen LogP contribution < -0.4 is 64.8 Å². The van der Waals surface area contributed by atoms with Crippen LogP contribution in [0, 0.1) is 0 Å². The van der Waals surface area contributed by atoms with Crippen molar-refractivity contribution in [1.29, 1.82) is 0 Å². The molecule has 0 fully saturated rings. The van der Waals surface area contributed by atoms with Gasteiger partial charge >= 0.3 is 620 Å². The fourth-order valence-corrected chi connectivity index (χ4v) is 90.6. The van der Waals surface area contributed by atoms with Crippen LogP contribution in [0.5, 0.6) is 0 Å². The summed E-state index contributed by atoms with van der Waals surface area (Å²) >= 11 is 6.69. The van der Waals surface area contributed by atoms with Gasteiger partial charge in [0.15, 0.2) is 0 Å². The topological polar surface area (TPSA) is 0 Å². The van der Waals surface area contributed by atoms with Crippen LogP contribution >= 0.6 is 126 Å². The first-order valence-electron chi connectivity index (χ1n) is 31.2. The summed E-state index contributed by atoms with van der Waals surface area (Å²) in [5.74, 6) is 0. The Kier molecular flexibility index (Phi) is 19.5. The van der Waals surface area contributed by atoms with Crippen LogP contribution in [0.25, 0.3) is 0 Å². The van der Waals surface area contributed by atoms with Crippen molar-refractivity contribution < 1.29 is 0 Å². The second kappa shape index (κ2) is 28.8. The van der Waals surface area contributed by atoms with Crippen LogP contribution in [0.15, 0.2) is 376 Å². The third kappa shape index (κ3) is 11.5. The van der Waals surface area contributed by atoms with E-state index in [0.29, 0.717) is 0 Å². The first kappa shape index (κ1) is 64.3. The number of benzene rings is 8. The van der Waals surface area contributed by atoms with Crippen molar-refractivity contribution in [1.82, 2.24) is 0 Å². The van der Waals surface area contributed by atoms with Crippen LogP contribution in [-0.2, 0) is 0 Å². The van der Waals surface area contributed by atoms with E-state index in [2.05, 4.69) is 346 Å². The van der Waals surface area contributed by atoms with Gasteiger partial charge in [-0.3, -0.25) is 0 Å². The normalized spacial score (nSPS) is 12.1. The standard InChI is InChI=1S/C80H58Ge4S11/c1-9-27-59(28-10-1)81(73-43-25-51-85-73,60-29-11-2-12-30-60)75-67(45-53-87-75)93-69-47-55-89-77(69)83(63-35-17-5-18-36-63,64-37-19-6-20-38-64)79-71(49-57-91-79)95-72-50-58-92-80(72)84(65-39-21-7-22-40-65,66-41-23-8-24-42-66)78-70(48-56-90-78)94-68-46-54-88-76(68)82(74-44-26-52-86-74,61-31-13-3-14-32-61)62-33-15-4-16-34-62/h1-58H. The fraction of sp³-hybridized carbons (Fsp3) is 0. The minimum atomic E-state index is -4.00. The first-order chi connectivity index (χ1) is 47.1. The predicted octanol–water partition coefficient (Wildman–Crippen LogP) is 14.1. The van der Waals surface area contributed by atoms with E-state index in [-0.39, 0.29) is 0 Å². The Bertz CT molecular complexity index is 4620. The molecule has 8 aromatic heterocycles. The summed E-state index contributed by atoms with van der Waals surface area (Å²) in [5.41, 5.74) is 0. The molecular weight excluding hydrogens is 1600 g/mol. The second-order valence-corrected chi connectivity index (χ2v) is 70.4. The van der Waals surface area contributed by atoms with Gasteiger partial charge in [-0.05, 0) is 0 Å². The minimum absolute atomic E-state index is 1.36. The Morgan fingerprint density at radius 3 is 0.516 bits per heavy atom. The van der Waals surface area contributed by atoms with E-state index >= 15 is 0 Å². The molecule has 0 aliphatic heterocycles. The van der Waals surface area contributed by atoms with Gasteiger partial charge < -0.3 is 0 Å². The molecule has 460 valence electrons. The molecule has 16 rings (SSSR count). The van der Waals surface area contributed by atoms with E-state index in [4.69, 9.17) is 0 Å². The molecule has 0 amide bonds. The van der Waals surface area contributed by atoms with Crippen molar-refractivity contribution in [3.63, 3.8) is 0 Å². The SMILES string of the molecule is c1cc[c]([Ge]([c]2ccccc2)([c]2cccs2)[c]2sccc2Sc2ccs[c]2[Ge]([c]2ccccc2)([c]2ccccc2)[c]2sccc2Sc2ccs[c]2[Ge]([c]2ccccc2)([c]2ccccc2)[c]2sccc2Sc2ccs[c]2[Ge]([c]2ccccc2)([c]2ccccc2)[c]2cccs2)cc1. The maximum atomic E-state index is 2.48. The van der Waals surface area contributed by atoms with Gasteiger partial charge in [-0.2, -0.15) is 0 Å². The summed E-state index contributed by atoms with van der Waals surface area (Å²) in [6.45, 7) is 0. The molecule has 15 heteroatoms. The Morgan fingerprint density at radius 2 is 0.337 bits per heavy atom. The summed E-state index contributed by atoms with van der Waals surface area (Å²) in [6, 6.07) is 117. The Morgan fingerprint density at radius 1 is 0.158 bits per heavy atom. The monoisotopic (exact) mass is 1670 g/mol. The molecule has 0 atom stereocenters. The van der Waals surface area contributed by atoms with Gasteiger partial charge in [-0.25, -0.2) is 0 Å². The molecular formula is C80H58Ge4S11. The number of thiophene rings is 8. The molecule has 0 N–H and O–H groups in total. The average Bonchev–Trinajstić information content (AvgIpc) is 1.71. The predicted molar refractivity (Wildman–Crippen MR) is 436 cm³/mol. The Balaban J connectivity index is 0.858. The quantitative estimate of drug-likeness (QED) is 0.0621. The summed E-state index contributed by atoms with van der Waals surface area (Å²) in [7, 11) is 0. The molecule has 0 nitrogen and oxygen atoms in total. The van der Waals surface area contributed by atoms with E-state index in [9.17, 15) is 0 Å². The fourth-order valence-electron chi connectivity index (χ4n) is 14.0. The Labute approximate surface area is 611 Å². The number of hydrogen-bond acceptors (Lipinski definition) is 11. The summed E-state index contributed by atoms with van der Waals surface area (Å²) in [5, 5.41) is 19.0. The molecule has 0 saturated carbocycles. The molecule has 16 aromatic rings. The van der Waals surface area contributed by atoms with E-state index in [0.717, 1.165) is 0 Å². The van der Waals surface area contributed by atoms with Gasteiger partial charge in [0.05, 0.1) is 0 Å². The Hall–Kier alpha value is -5.42. The van der Waals surface area contributed by atoms with Crippen molar-refractivity contribution >= 4 is 244 Å². The molecule has 0 aliphatic rings. The molecule has 0 saturated heterocycles. The average molecular weight is 1660 g/mol. The number of rotatable bonds is 22. The molecule has 8 heterocycles. The maximum absolute atomic E-state index is 4.00. The molecule has 0 spiro atoms. The van der Waals surface area contributed by atoms with Gasteiger partial charge in [-0.15, -0.1) is 0 Å². The van der Waals surface area contributed by atoms with Gasteiger partial charge in [-0.1, -0.05) is 0 Å². The van der Waals surface area contributed by atoms with E-state index in [1.54, 1.807) is 0 Å². The second-order valence-electron chi connectivity index (χ2n) is 22.9. The van der Waals surface area contributed by atoms with Gasteiger partial charge in [0.25, 0.3) is 0 Å². The van der Waals surface area contributed by atoms with Crippen LogP contribution in [0.4, 0.5) is 0 Å². The zero-order valence-electron chi connectivity index (χ0n) is 51.0. The summed E-state index contributed by atoms with van der Waals surface area (Å²) < 4.78 is 23.8. The van der Waals surface area contributed by atoms with Crippen molar-refractivity contribution in [2.75, 3.05) is 0 Å². The van der Waals surface area contributed by atoms with E-state index in [1.807, 2.05) is 126 Å². The molecule has 0 unspecified atom stereocenters. The van der Waals surface area contributed by atoms with Gasteiger partial charge in [0.2, 0.25) is 0 Å². The van der Waals surface area contributed by atoms with Crippen LogP contribution in [0.1, 0.15) is 0 Å². The summed E-state index contributed by atoms with van der Waals surface area (Å²) in [6.07, 6.45) is 0. The van der Waals surface area contributed by atoms with Crippen LogP contribution in [-0.4, -0.2) is 53.1 Å². The van der Waals surface area contributed by atoms with E-state index < -0.39 is 53.1 Å². The zero-order chi connectivity index (χ0) is 63.5. The molecule has 95 heavy (non-hydrogen) atoms. The van der Waals surface area contributed by atoms with Crippen LogP contribution in [0.3, 0.4) is 0 Å². The molecule has 0 bridgehead atoms. The summed E-state index contributed by atoms with van der Waals surface area (Å²) in [4.78, 5) is 8.22. The van der Waals surface area contributed by atoms with E-state index in [1.165, 1.54) is 94.2 Å². The number of hydrogen-bond donors (Lipinski definition) is 0. The van der Waals surface area contributed by atoms with Gasteiger partial charge in [0, 0.05) is 0 Å². The first-order valence-corrected chi connectivity index (χ1v) is 57.4. The van der Waals surface area contributed by atoms with Crippen LogP contribution in [0.2, 0.25) is 0 Å². The molecule has 0 radical (unpaired) electrons. The van der Waals surface area contributed by atoms with Crippen molar-refractivity contribution in [3.8, 4) is 0 Å². The van der Waals surface area contributed by atoms with Crippen molar-refractivity contribution in [2.24, 2.45) is 0 Å². The third-order valence-electron chi connectivity index (χ3n) is 17.9. The zero-order valence-corrected chi connectivity index (χ0v) is 68.4. The van der Waals surface area contributed by atoms with Crippen molar-refractivity contribution in [2.45, 2.75) is 29.4 Å². The molecule has 8 aromatic carbocycles.